The Morgan fingerprint density at radius 1 is 1.32 bits per heavy atom. The number of hydrogen-bond acceptors (Lipinski definition) is 5. The van der Waals surface area contributed by atoms with E-state index in [2.05, 4.69) is 15.3 Å². The second-order valence-corrected chi connectivity index (χ2v) is 7.08. The highest BCUT2D eigenvalue weighted by Crippen LogP contribution is 2.29. The van der Waals surface area contributed by atoms with Crippen LogP contribution in [0.1, 0.15) is 45.3 Å². The van der Waals surface area contributed by atoms with Gasteiger partial charge in [0, 0.05) is 23.6 Å². The molecule has 0 saturated heterocycles. The molecule has 8 nitrogen and oxygen atoms in total. The molecule has 1 amide bonds. The van der Waals surface area contributed by atoms with Gasteiger partial charge in [0.25, 0.3) is 11.3 Å². The fourth-order valence-corrected chi connectivity index (χ4v) is 2.90. The van der Waals surface area contributed by atoms with E-state index in [4.69, 9.17) is 16.3 Å². The lowest BCUT2D eigenvalue weighted by atomic mass is 10.2. The summed E-state index contributed by atoms with van der Waals surface area (Å²) in [4.78, 5) is 33.0. The van der Waals surface area contributed by atoms with Crippen molar-refractivity contribution in [1.29, 1.82) is 0 Å². The number of carbonyl (C=O) groups excluding carboxylic acids is 1. The summed E-state index contributed by atoms with van der Waals surface area (Å²) in [6, 6.07) is 6.46. The molecule has 9 heteroatoms. The zero-order chi connectivity index (χ0) is 20.3. The highest BCUT2D eigenvalue weighted by Gasteiger charge is 2.12. The molecule has 0 aliphatic heterocycles. The molecule has 0 aliphatic rings. The van der Waals surface area contributed by atoms with Crippen LogP contribution in [0.5, 0.6) is 5.75 Å². The van der Waals surface area contributed by atoms with Crippen molar-refractivity contribution in [3.05, 3.63) is 51.7 Å². The summed E-state index contributed by atoms with van der Waals surface area (Å²) in [5, 5.41) is 3.28. The van der Waals surface area contributed by atoms with Crippen molar-refractivity contribution in [1.82, 2.24) is 19.2 Å². The first kappa shape index (κ1) is 19.9. The average molecular weight is 404 g/mol. The zero-order valence-corrected chi connectivity index (χ0v) is 16.7. The topological polar surface area (TPSA) is 90.5 Å². The van der Waals surface area contributed by atoms with Crippen LogP contribution in [0.25, 0.3) is 5.78 Å². The van der Waals surface area contributed by atoms with E-state index in [0.29, 0.717) is 34.4 Å². The highest BCUT2D eigenvalue weighted by molar-refractivity contribution is 6.31. The van der Waals surface area contributed by atoms with Gasteiger partial charge in [0.15, 0.2) is 0 Å². The van der Waals surface area contributed by atoms with Gasteiger partial charge in [-0.2, -0.15) is 9.50 Å². The molecule has 0 spiro atoms. The number of amides is 1. The van der Waals surface area contributed by atoms with Gasteiger partial charge in [-0.25, -0.2) is 4.98 Å². The van der Waals surface area contributed by atoms with Gasteiger partial charge >= 0.3 is 0 Å². The summed E-state index contributed by atoms with van der Waals surface area (Å²) >= 11 is 6.03. The molecule has 2 aromatic heterocycles. The van der Waals surface area contributed by atoms with Gasteiger partial charge in [-0.15, -0.1) is 0 Å². The van der Waals surface area contributed by atoms with Crippen LogP contribution in [0.15, 0.2) is 35.4 Å². The summed E-state index contributed by atoms with van der Waals surface area (Å²) in [5.41, 5.74) is 0.690. The van der Waals surface area contributed by atoms with E-state index < -0.39 is 0 Å². The standard InChI is InChI=1S/C19H22ClN5O3/c1-4-5-17(26)23-15-8-13(20)6-7-16(15)28-10-14-9-18(27)25-19(22-14)21-11-24(25)12(2)3/h6-9,11-12H,4-5,10H2,1-3H3,(H,23,26). The van der Waals surface area contributed by atoms with Gasteiger partial charge in [-0.1, -0.05) is 18.5 Å². The first-order chi connectivity index (χ1) is 13.4. The van der Waals surface area contributed by atoms with Crippen molar-refractivity contribution in [2.45, 2.75) is 46.3 Å². The average Bonchev–Trinajstić information content (AvgIpc) is 3.06. The van der Waals surface area contributed by atoms with Crippen LogP contribution in [0.2, 0.25) is 5.02 Å². The molecule has 0 saturated carbocycles. The second kappa shape index (κ2) is 8.43. The predicted molar refractivity (Wildman–Crippen MR) is 107 cm³/mol. The molecule has 0 bridgehead atoms. The van der Waals surface area contributed by atoms with Crippen molar-refractivity contribution in [3.8, 4) is 5.75 Å². The summed E-state index contributed by atoms with van der Waals surface area (Å²) in [7, 11) is 0. The number of aromatic nitrogens is 4. The fraction of sp³-hybridized carbons (Fsp3) is 0.368. The highest BCUT2D eigenvalue weighted by atomic mass is 35.5. The SMILES string of the molecule is CCCC(=O)Nc1cc(Cl)ccc1OCc1cc(=O)n2c(ncn2C(C)C)n1. The number of ether oxygens (including phenoxy) is 1. The first-order valence-electron chi connectivity index (χ1n) is 9.07. The minimum Gasteiger partial charge on any atom is -0.485 e. The molecule has 0 unspecified atom stereocenters. The molecule has 1 N–H and O–H groups in total. The number of benzene rings is 1. The number of fused-ring (bicyclic) bond motifs is 1. The Morgan fingerprint density at radius 2 is 2.11 bits per heavy atom. The Bertz CT molecular complexity index is 1060. The zero-order valence-electron chi connectivity index (χ0n) is 16.0. The minimum absolute atomic E-state index is 0.0541. The third-order valence-corrected chi connectivity index (χ3v) is 4.29. The van der Waals surface area contributed by atoms with Crippen LogP contribution in [0.3, 0.4) is 0 Å². The molecule has 3 aromatic rings. The predicted octanol–water partition coefficient (Wildman–Crippen LogP) is 3.44. The third kappa shape index (κ3) is 4.33. The van der Waals surface area contributed by atoms with Gasteiger partial charge in [-0.05, 0) is 38.5 Å². The molecule has 0 aliphatic carbocycles. The summed E-state index contributed by atoms with van der Waals surface area (Å²) < 4.78 is 8.94. The van der Waals surface area contributed by atoms with Crippen LogP contribution in [-0.4, -0.2) is 25.1 Å². The van der Waals surface area contributed by atoms with E-state index in [9.17, 15) is 9.59 Å². The molecule has 148 valence electrons. The number of carbonyl (C=O) groups is 1. The molecule has 0 atom stereocenters. The van der Waals surface area contributed by atoms with Crippen molar-refractivity contribution < 1.29 is 9.53 Å². The van der Waals surface area contributed by atoms with Crippen LogP contribution >= 0.6 is 11.6 Å². The molecule has 28 heavy (non-hydrogen) atoms. The van der Waals surface area contributed by atoms with Crippen LogP contribution in [-0.2, 0) is 11.4 Å². The van der Waals surface area contributed by atoms with Gasteiger partial charge < -0.3 is 10.1 Å². The van der Waals surface area contributed by atoms with E-state index >= 15 is 0 Å². The van der Waals surface area contributed by atoms with Crippen LogP contribution in [0, 0.1) is 0 Å². The molecule has 0 radical (unpaired) electrons. The Labute approximate surface area is 167 Å². The van der Waals surface area contributed by atoms with Crippen molar-refractivity contribution >= 4 is 29.0 Å². The Balaban J connectivity index is 1.82. The molecule has 2 heterocycles. The summed E-state index contributed by atoms with van der Waals surface area (Å²) in [6.07, 6.45) is 2.72. The minimum atomic E-state index is -0.234. The number of anilines is 1. The lowest BCUT2D eigenvalue weighted by Crippen LogP contribution is -2.23. The fourth-order valence-electron chi connectivity index (χ4n) is 2.73. The largest absolute Gasteiger partial charge is 0.485 e. The molecular weight excluding hydrogens is 382 g/mol. The van der Waals surface area contributed by atoms with Crippen LogP contribution in [0.4, 0.5) is 5.69 Å². The number of halogens is 1. The van der Waals surface area contributed by atoms with E-state index in [-0.39, 0.29) is 24.1 Å². The monoisotopic (exact) mass is 403 g/mol. The van der Waals surface area contributed by atoms with E-state index in [1.165, 1.54) is 10.6 Å². The normalized spacial score (nSPS) is 11.2. The lowest BCUT2D eigenvalue weighted by molar-refractivity contribution is -0.116. The maximum absolute atomic E-state index is 12.5. The Hall–Kier alpha value is -2.87. The van der Waals surface area contributed by atoms with Crippen molar-refractivity contribution in [2.75, 3.05) is 5.32 Å². The van der Waals surface area contributed by atoms with Crippen molar-refractivity contribution in [3.63, 3.8) is 0 Å². The van der Waals surface area contributed by atoms with Crippen molar-refractivity contribution in [2.24, 2.45) is 0 Å². The van der Waals surface area contributed by atoms with E-state index in [1.807, 2.05) is 20.8 Å². The van der Waals surface area contributed by atoms with Gasteiger partial charge in [0.1, 0.15) is 18.7 Å². The quantitative estimate of drug-likeness (QED) is 0.652. The molecule has 3 rings (SSSR count). The number of hydrogen-bond donors (Lipinski definition) is 1. The maximum atomic E-state index is 12.5. The molecule has 1 aromatic carbocycles. The Morgan fingerprint density at radius 3 is 2.82 bits per heavy atom. The molecule has 0 fully saturated rings. The summed E-state index contributed by atoms with van der Waals surface area (Å²) in [6.45, 7) is 5.90. The number of nitrogens with one attached hydrogen (secondary N) is 1. The number of rotatable bonds is 7. The first-order valence-corrected chi connectivity index (χ1v) is 9.44. The van der Waals surface area contributed by atoms with Gasteiger partial charge in [-0.3, -0.25) is 14.3 Å². The smallest absolute Gasteiger partial charge is 0.274 e. The third-order valence-electron chi connectivity index (χ3n) is 4.05. The van der Waals surface area contributed by atoms with Gasteiger partial charge in [0.2, 0.25) is 5.91 Å². The summed E-state index contributed by atoms with van der Waals surface area (Å²) in [5.74, 6) is 0.641. The lowest BCUT2D eigenvalue weighted by Gasteiger charge is -2.13. The number of nitrogens with zero attached hydrogens (tertiary/aromatic N) is 4. The van der Waals surface area contributed by atoms with E-state index in [0.717, 1.165) is 6.42 Å². The maximum Gasteiger partial charge on any atom is 0.274 e. The van der Waals surface area contributed by atoms with Crippen LogP contribution < -0.4 is 15.6 Å². The Kier molecular flexibility index (Phi) is 5.99. The second-order valence-electron chi connectivity index (χ2n) is 6.64. The van der Waals surface area contributed by atoms with Gasteiger partial charge in [0.05, 0.1) is 11.4 Å². The molecular formula is C19H22ClN5O3. The van der Waals surface area contributed by atoms with E-state index in [1.54, 1.807) is 29.2 Å².